The van der Waals surface area contributed by atoms with Gasteiger partial charge < -0.3 is 10.1 Å². The van der Waals surface area contributed by atoms with Gasteiger partial charge in [-0.3, -0.25) is 4.90 Å². The van der Waals surface area contributed by atoms with E-state index in [1.807, 2.05) is 12.1 Å². The lowest BCUT2D eigenvalue weighted by Gasteiger charge is -2.31. The average molecular weight is 417 g/mol. The first-order chi connectivity index (χ1) is 14.2. The second-order valence-corrected chi connectivity index (χ2v) is 8.99. The number of rotatable bonds is 4. The topological polar surface area (TPSA) is 50.3 Å². The summed E-state index contributed by atoms with van der Waals surface area (Å²) >= 11 is 6.17. The maximum absolute atomic E-state index is 13.5. The number of nitrogens with one attached hydrogen (secondary N) is 1. The molecule has 1 aromatic carbocycles. The molecule has 0 radical (unpaired) electrons. The van der Waals surface area contributed by atoms with E-state index in [1.165, 1.54) is 50.9 Å². The van der Waals surface area contributed by atoms with E-state index in [4.69, 9.17) is 16.3 Å². The molecule has 3 fully saturated rings. The molecule has 7 heteroatoms. The molecule has 2 saturated heterocycles. The number of ether oxygens (including phenoxy) is 1. The number of benzene rings is 1. The summed E-state index contributed by atoms with van der Waals surface area (Å²) < 4.78 is 19.2. The van der Waals surface area contributed by atoms with Gasteiger partial charge >= 0.3 is 0 Å². The lowest BCUT2D eigenvalue weighted by molar-refractivity contribution is 0.0239. The van der Waals surface area contributed by atoms with Crippen LogP contribution in [-0.2, 0) is 4.74 Å². The maximum Gasteiger partial charge on any atom is 0.148 e. The molecule has 0 bridgehead atoms. The second-order valence-electron chi connectivity index (χ2n) is 8.59. The summed E-state index contributed by atoms with van der Waals surface area (Å²) in [4.78, 5) is 2.65. The van der Waals surface area contributed by atoms with Gasteiger partial charge in [0.1, 0.15) is 11.6 Å². The van der Waals surface area contributed by atoms with Crippen LogP contribution >= 0.6 is 11.6 Å². The number of nitrogens with zero attached hydrogens (tertiary/aromatic N) is 3. The zero-order chi connectivity index (χ0) is 19.8. The van der Waals surface area contributed by atoms with E-state index in [-0.39, 0.29) is 5.82 Å². The molecule has 1 aliphatic carbocycles. The van der Waals surface area contributed by atoms with Gasteiger partial charge in [0.15, 0.2) is 0 Å². The summed E-state index contributed by atoms with van der Waals surface area (Å²) in [5.41, 5.74) is 1.14. The van der Waals surface area contributed by atoms with Crippen LogP contribution in [0.5, 0.6) is 0 Å². The molecule has 1 aromatic heterocycles. The third-order valence-electron chi connectivity index (χ3n) is 6.65. The van der Waals surface area contributed by atoms with Crippen LogP contribution in [0.1, 0.15) is 25.7 Å². The van der Waals surface area contributed by atoms with Crippen molar-refractivity contribution in [3.8, 4) is 11.3 Å². The van der Waals surface area contributed by atoms with E-state index < -0.39 is 0 Å². The molecule has 154 valence electrons. The van der Waals surface area contributed by atoms with Gasteiger partial charge in [0, 0.05) is 37.3 Å². The second kappa shape index (κ2) is 8.17. The van der Waals surface area contributed by atoms with Crippen molar-refractivity contribution in [2.24, 2.45) is 11.8 Å². The fraction of sp³-hybridized carbons (Fsp3) is 0.545. The Morgan fingerprint density at radius 2 is 1.93 bits per heavy atom. The van der Waals surface area contributed by atoms with Crippen LogP contribution in [0.4, 0.5) is 10.2 Å². The van der Waals surface area contributed by atoms with Gasteiger partial charge in [0.05, 0.1) is 17.3 Å². The first kappa shape index (κ1) is 19.2. The number of likely N-dealkylation sites (tertiary alicyclic amines) is 1. The van der Waals surface area contributed by atoms with Crippen LogP contribution in [0.15, 0.2) is 30.3 Å². The lowest BCUT2D eigenvalue weighted by Crippen LogP contribution is -2.40. The van der Waals surface area contributed by atoms with Crippen molar-refractivity contribution < 1.29 is 9.13 Å². The van der Waals surface area contributed by atoms with Crippen molar-refractivity contribution >= 4 is 17.4 Å². The Kier molecular flexibility index (Phi) is 5.41. The first-order valence-corrected chi connectivity index (χ1v) is 10.9. The summed E-state index contributed by atoms with van der Waals surface area (Å²) in [7, 11) is 0. The molecule has 3 aliphatic rings. The van der Waals surface area contributed by atoms with Gasteiger partial charge in [0.2, 0.25) is 0 Å². The highest BCUT2D eigenvalue weighted by atomic mass is 35.5. The van der Waals surface area contributed by atoms with Crippen LogP contribution in [0, 0.1) is 17.7 Å². The number of fused-ring (bicyclic) bond motifs is 1. The van der Waals surface area contributed by atoms with Crippen molar-refractivity contribution in [2.75, 3.05) is 31.6 Å². The van der Waals surface area contributed by atoms with E-state index in [0.717, 1.165) is 30.9 Å². The summed E-state index contributed by atoms with van der Waals surface area (Å²) in [6.07, 6.45) is 4.82. The molecule has 2 aromatic rings. The van der Waals surface area contributed by atoms with Crippen LogP contribution < -0.4 is 5.32 Å². The van der Waals surface area contributed by atoms with Crippen molar-refractivity contribution in [1.82, 2.24) is 15.1 Å². The minimum atomic E-state index is -0.334. The van der Waals surface area contributed by atoms with Gasteiger partial charge in [-0.25, -0.2) is 4.39 Å². The Balaban J connectivity index is 1.18. The Morgan fingerprint density at radius 1 is 1.10 bits per heavy atom. The van der Waals surface area contributed by atoms with E-state index in [0.29, 0.717) is 28.4 Å². The Bertz CT molecular complexity index is 844. The zero-order valence-electron chi connectivity index (χ0n) is 16.4. The summed E-state index contributed by atoms with van der Waals surface area (Å²) in [5.74, 6) is 1.95. The molecule has 3 heterocycles. The molecule has 0 amide bonds. The molecular formula is C22H26ClFN4O. The van der Waals surface area contributed by atoms with Crippen molar-refractivity contribution in [2.45, 2.75) is 37.8 Å². The SMILES string of the molecule is Fc1ccc(Cl)c(-c2ccc(NC3C[C@@H]4CN([C@H]5CCCOC5)C[C@H]4C3)nn2)c1. The van der Waals surface area contributed by atoms with Gasteiger partial charge in [-0.15, -0.1) is 10.2 Å². The predicted octanol–water partition coefficient (Wildman–Crippen LogP) is 4.24. The molecule has 1 N–H and O–H groups in total. The predicted molar refractivity (Wildman–Crippen MR) is 111 cm³/mol. The number of halogens is 2. The van der Waals surface area contributed by atoms with Crippen molar-refractivity contribution in [3.63, 3.8) is 0 Å². The zero-order valence-corrected chi connectivity index (χ0v) is 17.1. The quantitative estimate of drug-likeness (QED) is 0.807. The molecular weight excluding hydrogens is 391 g/mol. The minimum absolute atomic E-state index is 0.334. The van der Waals surface area contributed by atoms with Crippen LogP contribution in [0.2, 0.25) is 5.02 Å². The van der Waals surface area contributed by atoms with E-state index >= 15 is 0 Å². The molecule has 3 atom stereocenters. The van der Waals surface area contributed by atoms with E-state index in [2.05, 4.69) is 20.4 Å². The smallest absolute Gasteiger partial charge is 0.148 e. The fourth-order valence-corrected chi connectivity index (χ4v) is 5.43. The van der Waals surface area contributed by atoms with Crippen molar-refractivity contribution in [3.05, 3.63) is 41.2 Å². The number of anilines is 1. The molecule has 29 heavy (non-hydrogen) atoms. The van der Waals surface area contributed by atoms with E-state index in [1.54, 1.807) is 6.07 Å². The molecule has 5 nitrogen and oxygen atoms in total. The number of hydrogen-bond acceptors (Lipinski definition) is 5. The monoisotopic (exact) mass is 416 g/mol. The van der Waals surface area contributed by atoms with Gasteiger partial charge in [-0.05, 0) is 67.9 Å². The lowest BCUT2D eigenvalue weighted by atomic mass is 10.0. The Morgan fingerprint density at radius 3 is 2.62 bits per heavy atom. The molecule has 0 unspecified atom stereocenters. The molecule has 5 rings (SSSR count). The minimum Gasteiger partial charge on any atom is -0.380 e. The highest BCUT2D eigenvalue weighted by Crippen LogP contribution is 2.40. The highest BCUT2D eigenvalue weighted by Gasteiger charge is 2.42. The number of aromatic nitrogens is 2. The maximum atomic E-state index is 13.5. The van der Waals surface area contributed by atoms with Gasteiger partial charge in [0.25, 0.3) is 0 Å². The third kappa shape index (κ3) is 4.11. The summed E-state index contributed by atoms with van der Waals surface area (Å²) in [5, 5.41) is 12.6. The van der Waals surface area contributed by atoms with Crippen molar-refractivity contribution in [1.29, 1.82) is 0 Å². The first-order valence-electron chi connectivity index (χ1n) is 10.5. The van der Waals surface area contributed by atoms with Gasteiger partial charge in [-0.1, -0.05) is 11.6 Å². The average Bonchev–Trinajstić information content (AvgIpc) is 3.30. The normalized spacial score (nSPS) is 27.9. The third-order valence-corrected chi connectivity index (χ3v) is 6.98. The molecule has 0 spiro atoms. The number of hydrogen-bond donors (Lipinski definition) is 1. The highest BCUT2D eigenvalue weighted by molar-refractivity contribution is 6.33. The Labute approximate surface area is 175 Å². The fourth-order valence-electron chi connectivity index (χ4n) is 5.22. The van der Waals surface area contributed by atoms with E-state index in [9.17, 15) is 4.39 Å². The Hall–Kier alpha value is -1.76. The standard InChI is InChI=1S/C22H26ClFN4O/c23-20-4-3-16(24)10-19(20)21-5-6-22(27-26-21)25-17-8-14-11-28(12-15(14)9-17)18-2-1-7-29-13-18/h3-6,10,14-15,17-18H,1-2,7-9,11-13H2,(H,25,27)/t14-,15-,18+/m1/s1. The van der Waals surface area contributed by atoms with Crippen LogP contribution in [-0.4, -0.2) is 53.5 Å². The largest absolute Gasteiger partial charge is 0.380 e. The molecule has 2 aliphatic heterocycles. The van der Waals surface area contributed by atoms with Crippen LogP contribution in [0.3, 0.4) is 0 Å². The summed E-state index contributed by atoms with van der Waals surface area (Å²) in [6.45, 7) is 4.21. The van der Waals surface area contributed by atoms with Gasteiger partial charge in [-0.2, -0.15) is 0 Å². The van der Waals surface area contributed by atoms with Crippen LogP contribution in [0.25, 0.3) is 11.3 Å². The molecule has 1 saturated carbocycles. The summed E-state index contributed by atoms with van der Waals surface area (Å²) in [6, 6.07) is 9.08.